The second kappa shape index (κ2) is 7.44. The Labute approximate surface area is 145 Å². The Bertz CT molecular complexity index is 788. The second-order valence-electron chi connectivity index (χ2n) is 5.63. The fraction of sp³-hybridized carbons (Fsp3) is 0.353. The monoisotopic (exact) mass is 345 g/mol. The summed E-state index contributed by atoms with van der Waals surface area (Å²) >= 11 is 4.90. The van der Waals surface area contributed by atoms with E-state index >= 15 is 0 Å². The first kappa shape index (κ1) is 16.4. The van der Waals surface area contributed by atoms with E-state index in [0.29, 0.717) is 23.8 Å². The third-order valence-electron chi connectivity index (χ3n) is 4.15. The van der Waals surface area contributed by atoms with E-state index in [-0.39, 0.29) is 11.8 Å². The molecule has 2 heterocycles. The van der Waals surface area contributed by atoms with Gasteiger partial charge in [0.15, 0.2) is 0 Å². The molecule has 7 heteroatoms. The zero-order valence-electron chi connectivity index (χ0n) is 13.4. The molecule has 1 aromatic heterocycles. The van der Waals surface area contributed by atoms with Crippen LogP contribution in [0.3, 0.4) is 0 Å². The number of likely N-dealkylation sites (tertiary alicyclic amines) is 1. The number of aromatic amines is 1. The number of H-pyrrole nitrogens is 1. The van der Waals surface area contributed by atoms with Crippen molar-refractivity contribution in [2.24, 2.45) is 0 Å². The number of methoxy groups -OCH3 is 1. The van der Waals surface area contributed by atoms with Gasteiger partial charge in [0, 0.05) is 30.6 Å². The van der Waals surface area contributed by atoms with Crippen LogP contribution in [0.1, 0.15) is 30.2 Å². The summed E-state index contributed by atoms with van der Waals surface area (Å²) in [4.78, 5) is 14.5. The van der Waals surface area contributed by atoms with Crippen LogP contribution in [0.5, 0.6) is 5.75 Å². The molecule has 0 bridgehead atoms. The molecule has 0 radical (unpaired) electrons. The Morgan fingerprint density at radius 2 is 2.17 bits per heavy atom. The molecule has 0 saturated carbocycles. The molecule has 2 aromatic rings. The van der Waals surface area contributed by atoms with Crippen molar-refractivity contribution in [2.75, 3.05) is 20.2 Å². The maximum atomic E-state index is 12.4. The number of piperidine rings is 1. The topological polar surface area (TPSA) is 71.4 Å². The second-order valence-corrected chi connectivity index (χ2v) is 6.00. The average Bonchev–Trinajstić information content (AvgIpc) is 3.06. The van der Waals surface area contributed by atoms with E-state index < -0.39 is 0 Å². The number of benzene rings is 1. The summed E-state index contributed by atoms with van der Waals surface area (Å²) < 4.78 is 10.6. The van der Waals surface area contributed by atoms with Gasteiger partial charge in [0.1, 0.15) is 5.75 Å². The first-order valence-corrected chi connectivity index (χ1v) is 8.23. The Hall–Kier alpha value is -2.41. The lowest BCUT2D eigenvalue weighted by molar-refractivity contribution is -0.127. The van der Waals surface area contributed by atoms with Crippen LogP contribution < -0.4 is 4.74 Å². The minimum Gasteiger partial charge on any atom is -0.496 e. The van der Waals surface area contributed by atoms with Gasteiger partial charge < -0.3 is 14.1 Å². The molecular weight excluding hydrogens is 326 g/mol. The Balaban J connectivity index is 1.59. The van der Waals surface area contributed by atoms with Gasteiger partial charge in [0.05, 0.1) is 7.11 Å². The molecule has 1 aliphatic rings. The van der Waals surface area contributed by atoms with Crippen LogP contribution in [0, 0.1) is 4.84 Å². The largest absolute Gasteiger partial charge is 0.496 e. The average molecular weight is 345 g/mol. The highest BCUT2D eigenvalue weighted by molar-refractivity contribution is 7.71. The van der Waals surface area contributed by atoms with Crippen molar-refractivity contribution in [2.45, 2.75) is 18.8 Å². The van der Waals surface area contributed by atoms with E-state index in [1.807, 2.05) is 29.2 Å². The van der Waals surface area contributed by atoms with E-state index in [4.69, 9.17) is 21.4 Å². The van der Waals surface area contributed by atoms with Gasteiger partial charge in [-0.25, -0.2) is 5.10 Å². The van der Waals surface area contributed by atoms with Crippen LogP contribution in [-0.2, 0) is 4.79 Å². The molecule has 126 valence electrons. The summed E-state index contributed by atoms with van der Waals surface area (Å²) in [6, 6.07) is 7.60. The predicted molar refractivity (Wildman–Crippen MR) is 92.3 cm³/mol. The van der Waals surface area contributed by atoms with E-state index in [0.717, 1.165) is 24.2 Å². The number of hydrogen-bond acceptors (Lipinski definition) is 5. The molecule has 6 nitrogen and oxygen atoms in total. The smallest absolute Gasteiger partial charge is 0.284 e. The number of ether oxygens (including phenoxy) is 1. The minimum absolute atomic E-state index is 0.00211. The number of aromatic nitrogens is 2. The number of para-hydroxylation sites is 1. The highest BCUT2D eigenvalue weighted by Crippen LogP contribution is 2.27. The van der Waals surface area contributed by atoms with Gasteiger partial charge in [0.25, 0.3) is 4.84 Å². The van der Waals surface area contributed by atoms with Crippen LogP contribution in [0.2, 0.25) is 0 Å². The number of nitrogens with one attached hydrogen (secondary N) is 1. The molecular formula is C17H19N3O3S. The summed E-state index contributed by atoms with van der Waals surface area (Å²) in [5, 5.41) is 6.72. The summed E-state index contributed by atoms with van der Waals surface area (Å²) in [6.07, 6.45) is 5.02. The van der Waals surface area contributed by atoms with Gasteiger partial charge in [-0.15, -0.1) is 5.10 Å². The number of hydrogen-bond donors (Lipinski definition) is 1. The molecule has 1 aliphatic heterocycles. The molecule has 1 amide bonds. The van der Waals surface area contributed by atoms with Crippen LogP contribution in [0.15, 0.2) is 34.8 Å². The predicted octanol–water partition coefficient (Wildman–Crippen LogP) is 3.16. The zero-order valence-corrected chi connectivity index (χ0v) is 14.2. The highest BCUT2D eigenvalue weighted by atomic mass is 32.1. The lowest BCUT2D eigenvalue weighted by Crippen LogP contribution is -2.36. The fourth-order valence-corrected chi connectivity index (χ4v) is 2.96. The van der Waals surface area contributed by atoms with Crippen molar-refractivity contribution >= 4 is 24.2 Å². The maximum absolute atomic E-state index is 12.4. The number of rotatable bonds is 4. The van der Waals surface area contributed by atoms with Crippen LogP contribution >= 0.6 is 12.2 Å². The normalized spacial score (nSPS) is 15.8. The lowest BCUT2D eigenvalue weighted by atomic mass is 9.97. The van der Waals surface area contributed by atoms with Gasteiger partial charge in [0.2, 0.25) is 11.8 Å². The Morgan fingerprint density at radius 3 is 2.83 bits per heavy atom. The molecule has 0 atom stereocenters. The molecule has 1 aromatic carbocycles. The molecule has 1 N–H and O–H groups in total. The van der Waals surface area contributed by atoms with E-state index in [9.17, 15) is 4.79 Å². The Morgan fingerprint density at radius 1 is 1.42 bits per heavy atom. The Kier molecular flexibility index (Phi) is 5.10. The third-order valence-corrected chi connectivity index (χ3v) is 4.33. The van der Waals surface area contributed by atoms with Gasteiger partial charge in [-0.3, -0.25) is 4.79 Å². The first-order valence-electron chi connectivity index (χ1n) is 7.83. The molecule has 24 heavy (non-hydrogen) atoms. The van der Waals surface area contributed by atoms with Crippen molar-refractivity contribution in [1.82, 2.24) is 15.1 Å². The van der Waals surface area contributed by atoms with E-state index in [2.05, 4.69) is 10.2 Å². The van der Waals surface area contributed by atoms with Gasteiger partial charge in [-0.05, 0) is 37.2 Å². The van der Waals surface area contributed by atoms with Gasteiger partial charge >= 0.3 is 0 Å². The standard InChI is InChI=1S/C17H19N3O3S/c1-22-14-5-3-2-4-12(14)6-7-15(21)20-10-8-13(9-11-20)16-18-19-17(24)23-16/h2-7,13H,8-11H2,1H3,(H,19,24)/b7-6+. The first-order chi connectivity index (χ1) is 11.7. The van der Waals surface area contributed by atoms with E-state index in [1.54, 1.807) is 19.3 Å². The molecule has 0 spiro atoms. The zero-order chi connectivity index (χ0) is 16.9. The van der Waals surface area contributed by atoms with Crippen molar-refractivity contribution in [3.05, 3.63) is 46.6 Å². The van der Waals surface area contributed by atoms with Crippen LogP contribution in [0.25, 0.3) is 6.08 Å². The molecule has 3 rings (SSSR count). The maximum Gasteiger partial charge on any atom is 0.284 e. The SMILES string of the molecule is COc1ccccc1/C=C/C(=O)N1CCC(c2n[nH]c(=S)o2)CC1. The number of carbonyl (C=O) groups excluding carboxylic acids is 1. The van der Waals surface area contributed by atoms with Crippen molar-refractivity contribution in [1.29, 1.82) is 0 Å². The number of nitrogens with zero attached hydrogens (tertiary/aromatic N) is 2. The van der Waals surface area contributed by atoms with Gasteiger partial charge in [-0.1, -0.05) is 18.2 Å². The van der Waals surface area contributed by atoms with Gasteiger partial charge in [-0.2, -0.15) is 0 Å². The minimum atomic E-state index is 0.00211. The summed E-state index contributed by atoms with van der Waals surface area (Å²) in [5.74, 6) is 1.60. The number of amides is 1. The van der Waals surface area contributed by atoms with Crippen LogP contribution in [-0.4, -0.2) is 41.2 Å². The van der Waals surface area contributed by atoms with Crippen molar-refractivity contribution < 1.29 is 13.9 Å². The molecule has 0 aliphatic carbocycles. The number of carbonyl (C=O) groups is 1. The molecule has 1 saturated heterocycles. The highest BCUT2D eigenvalue weighted by Gasteiger charge is 2.25. The van der Waals surface area contributed by atoms with Crippen LogP contribution in [0.4, 0.5) is 0 Å². The summed E-state index contributed by atoms with van der Waals surface area (Å²) in [5.41, 5.74) is 0.886. The third kappa shape index (κ3) is 3.73. The van der Waals surface area contributed by atoms with Crippen molar-refractivity contribution in [3.63, 3.8) is 0 Å². The summed E-state index contributed by atoms with van der Waals surface area (Å²) in [6.45, 7) is 1.35. The fourth-order valence-electron chi connectivity index (χ4n) is 2.83. The van der Waals surface area contributed by atoms with E-state index in [1.165, 1.54) is 0 Å². The summed E-state index contributed by atoms with van der Waals surface area (Å²) in [7, 11) is 1.62. The quantitative estimate of drug-likeness (QED) is 0.681. The lowest BCUT2D eigenvalue weighted by Gasteiger charge is -2.29. The molecule has 0 unspecified atom stereocenters. The van der Waals surface area contributed by atoms with Crippen molar-refractivity contribution in [3.8, 4) is 5.75 Å². The molecule has 1 fully saturated rings.